The van der Waals surface area contributed by atoms with Crippen molar-refractivity contribution in [2.45, 2.75) is 51.3 Å². The molecule has 0 aromatic heterocycles. The lowest BCUT2D eigenvalue weighted by Crippen LogP contribution is -2.16. The summed E-state index contributed by atoms with van der Waals surface area (Å²) in [5, 5.41) is 8.98. The lowest BCUT2D eigenvalue weighted by atomic mass is 9.98. The second kappa shape index (κ2) is 9.10. The van der Waals surface area contributed by atoms with Gasteiger partial charge in [0.15, 0.2) is 0 Å². The molecule has 7 heteroatoms. The van der Waals surface area contributed by atoms with E-state index >= 15 is 0 Å². The van der Waals surface area contributed by atoms with Gasteiger partial charge in [0.25, 0.3) is 10.0 Å². The molecule has 0 aliphatic rings. The van der Waals surface area contributed by atoms with Gasteiger partial charge in [0.05, 0.1) is 12.2 Å². The van der Waals surface area contributed by atoms with Crippen molar-refractivity contribution in [3.05, 3.63) is 53.1 Å². The molecule has 2 rings (SSSR count). The van der Waals surface area contributed by atoms with Crippen LogP contribution in [-0.2, 0) is 10.0 Å². The molecular weight excluding hydrogens is 378 g/mol. The summed E-state index contributed by atoms with van der Waals surface area (Å²) in [5.41, 5.74) is 2.29. The zero-order valence-electron chi connectivity index (χ0n) is 16.7. The van der Waals surface area contributed by atoms with Gasteiger partial charge in [-0.05, 0) is 66.8 Å². The van der Waals surface area contributed by atoms with E-state index in [2.05, 4.69) is 4.72 Å². The molecule has 2 aromatic rings. The van der Waals surface area contributed by atoms with Crippen LogP contribution in [0.3, 0.4) is 0 Å². The maximum atomic E-state index is 13.1. The van der Waals surface area contributed by atoms with Crippen molar-refractivity contribution >= 4 is 21.7 Å². The predicted molar refractivity (Wildman–Crippen MR) is 110 cm³/mol. The van der Waals surface area contributed by atoms with Crippen molar-refractivity contribution in [2.75, 3.05) is 11.3 Å². The highest BCUT2D eigenvalue weighted by atomic mass is 32.2. The lowest BCUT2D eigenvalue weighted by Gasteiger charge is -2.18. The quantitative estimate of drug-likeness (QED) is 0.585. The molecule has 2 aromatic carbocycles. The maximum Gasteiger partial charge on any atom is 0.335 e. The van der Waals surface area contributed by atoms with Crippen LogP contribution in [0.25, 0.3) is 0 Å². The fourth-order valence-electron chi connectivity index (χ4n) is 2.84. The molecule has 0 aliphatic carbocycles. The topological polar surface area (TPSA) is 92.7 Å². The molecule has 0 fully saturated rings. The van der Waals surface area contributed by atoms with Gasteiger partial charge in [-0.3, -0.25) is 4.72 Å². The summed E-state index contributed by atoms with van der Waals surface area (Å²) in [6, 6.07) is 9.00. The molecule has 152 valence electrons. The molecule has 0 atom stereocenters. The minimum Gasteiger partial charge on any atom is -0.492 e. The fourth-order valence-corrected chi connectivity index (χ4v) is 4.06. The molecule has 6 nitrogen and oxygen atoms in total. The molecule has 0 radical (unpaired) electrons. The molecule has 0 heterocycles. The number of carboxylic acid groups (broad SMARTS) is 1. The summed E-state index contributed by atoms with van der Waals surface area (Å²) < 4.78 is 34.4. The van der Waals surface area contributed by atoms with Gasteiger partial charge in [0, 0.05) is 5.69 Å². The Morgan fingerprint density at radius 1 is 1.18 bits per heavy atom. The van der Waals surface area contributed by atoms with Gasteiger partial charge in [-0.15, -0.1) is 0 Å². The van der Waals surface area contributed by atoms with E-state index in [4.69, 9.17) is 9.84 Å². The average molecular weight is 406 g/mol. The number of sulfonamides is 1. The average Bonchev–Trinajstić information content (AvgIpc) is 2.61. The number of ether oxygens (including phenoxy) is 1. The number of carbonyl (C=O) groups is 1. The van der Waals surface area contributed by atoms with Crippen LogP contribution >= 0.6 is 0 Å². The normalized spacial score (nSPS) is 11.5. The Morgan fingerprint density at radius 3 is 2.36 bits per heavy atom. The summed E-state index contributed by atoms with van der Waals surface area (Å²) in [5.74, 6) is -0.584. The Balaban J connectivity index is 2.43. The van der Waals surface area contributed by atoms with Crippen molar-refractivity contribution in [1.29, 1.82) is 0 Å². The van der Waals surface area contributed by atoms with E-state index in [-0.39, 0.29) is 22.1 Å². The monoisotopic (exact) mass is 405 g/mol. The van der Waals surface area contributed by atoms with Crippen LogP contribution in [0.5, 0.6) is 5.75 Å². The van der Waals surface area contributed by atoms with Crippen LogP contribution in [0, 0.1) is 6.92 Å². The number of aromatic carboxylic acids is 1. The minimum absolute atomic E-state index is 0.0835. The maximum absolute atomic E-state index is 13.1. The van der Waals surface area contributed by atoms with Crippen LogP contribution in [-0.4, -0.2) is 26.1 Å². The van der Waals surface area contributed by atoms with Gasteiger partial charge in [0.1, 0.15) is 10.6 Å². The zero-order valence-corrected chi connectivity index (χ0v) is 17.5. The molecular formula is C21H27NO5S. The van der Waals surface area contributed by atoms with E-state index in [1.165, 1.54) is 24.3 Å². The highest BCUT2D eigenvalue weighted by Crippen LogP contribution is 2.32. The number of hydrogen-bond donors (Lipinski definition) is 2. The Labute approximate surface area is 166 Å². The van der Waals surface area contributed by atoms with E-state index in [1.54, 1.807) is 12.1 Å². The van der Waals surface area contributed by atoms with E-state index in [9.17, 15) is 13.2 Å². The second-order valence-corrected chi connectivity index (χ2v) is 8.65. The SMILES string of the molecule is CCCCOc1cc(C)c(C(C)C)cc1S(=O)(=O)Nc1ccc(C(=O)O)cc1. The molecule has 0 amide bonds. The number of rotatable bonds is 9. The number of hydrogen-bond acceptors (Lipinski definition) is 4. The summed E-state index contributed by atoms with van der Waals surface area (Å²) in [7, 11) is -3.91. The largest absolute Gasteiger partial charge is 0.492 e. The number of aryl methyl sites for hydroxylation is 1. The predicted octanol–water partition coefficient (Wildman–Crippen LogP) is 4.80. The minimum atomic E-state index is -3.91. The van der Waals surface area contributed by atoms with Crippen LogP contribution in [0.2, 0.25) is 0 Å². The van der Waals surface area contributed by atoms with E-state index in [0.29, 0.717) is 12.4 Å². The Kier molecular flexibility index (Phi) is 7.07. The number of benzene rings is 2. The lowest BCUT2D eigenvalue weighted by molar-refractivity contribution is 0.0697. The Hall–Kier alpha value is -2.54. The number of nitrogens with one attached hydrogen (secondary N) is 1. The van der Waals surface area contributed by atoms with Crippen molar-refractivity contribution in [3.63, 3.8) is 0 Å². The Bertz CT molecular complexity index is 934. The number of anilines is 1. The summed E-state index contributed by atoms with van der Waals surface area (Å²) in [6.07, 6.45) is 1.77. The van der Waals surface area contributed by atoms with Gasteiger partial charge in [-0.2, -0.15) is 0 Å². The zero-order chi connectivity index (χ0) is 20.9. The van der Waals surface area contributed by atoms with Crippen molar-refractivity contribution < 1.29 is 23.1 Å². The third-order valence-corrected chi connectivity index (χ3v) is 5.79. The van der Waals surface area contributed by atoms with E-state index in [0.717, 1.165) is 24.0 Å². The summed E-state index contributed by atoms with van der Waals surface area (Å²) in [4.78, 5) is 11.1. The molecule has 28 heavy (non-hydrogen) atoms. The van der Waals surface area contributed by atoms with E-state index in [1.807, 2.05) is 27.7 Å². The van der Waals surface area contributed by atoms with Crippen LogP contribution < -0.4 is 9.46 Å². The smallest absolute Gasteiger partial charge is 0.335 e. The number of unbranched alkanes of at least 4 members (excludes halogenated alkanes) is 1. The third kappa shape index (κ3) is 5.25. The second-order valence-electron chi connectivity index (χ2n) is 7.00. The van der Waals surface area contributed by atoms with Gasteiger partial charge in [-0.1, -0.05) is 27.2 Å². The first kappa shape index (κ1) is 21.8. The molecule has 0 unspecified atom stereocenters. The first-order valence-corrected chi connectivity index (χ1v) is 10.8. The first-order valence-electron chi connectivity index (χ1n) is 9.29. The van der Waals surface area contributed by atoms with Gasteiger partial charge >= 0.3 is 5.97 Å². The van der Waals surface area contributed by atoms with Gasteiger partial charge < -0.3 is 9.84 Å². The molecule has 2 N–H and O–H groups in total. The number of carboxylic acids is 1. The highest BCUT2D eigenvalue weighted by molar-refractivity contribution is 7.92. The molecule has 0 aliphatic heterocycles. The van der Waals surface area contributed by atoms with Crippen molar-refractivity contribution in [2.24, 2.45) is 0 Å². The van der Waals surface area contributed by atoms with Crippen molar-refractivity contribution in [3.8, 4) is 5.75 Å². The van der Waals surface area contributed by atoms with Crippen LogP contribution in [0.1, 0.15) is 61.0 Å². The van der Waals surface area contributed by atoms with Gasteiger partial charge in [-0.25, -0.2) is 13.2 Å². The van der Waals surface area contributed by atoms with Gasteiger partial charge in [0.2, 0.25) is 0 Å². The summed E-state index contributed by atoms with van der Waals surface area (Å²) >= 11 is 0. The third-order valence-electron chi connectivity index (χ3n) is 4.38. The van der Waals surface area contributed by atoms with Crippen molar-refractivity contribution in [1.82, 2.24) is 0 Å². The fraction of sp³-hybridized carbons (Fsp3) is 0.381. The molecule has 0 saturated carbocycles. The molecule has 0 saturated heterocycles. The van der Waals surface area contributed by atoms with Crippen LogP contribution in [0.15, 0.2) is 41.3 Å². The molecule has 0 bridgehead atoms. The molecule has 0 spiro atoms. The summed E-state index contributed by atoms with van der Waals surface area (Å²) in [6.45, 7) is 8.43. The van der Waals surface area contributed by atoms with Crippen LogP contribution in [0.4, 0.5) is 5.69 Å². The standard InChI is InChI=1S/C21H27NO5S/c1-5-6-11-27-19-12-15(4)18(14(2)3)13-20(19)28(25,26)22-17-9-7-16(8-10-17)21(23)24/h7-10,12-14,22H,5-6,11H2,1-4H3,(H,23,24). The Morgan fingerprint density at radius 2 is 1.82 bits per heavy atom. The first-order chi connectivity index (χ1) is 13.2. The van der Waals surface area contributed by atoms with E-state index < -0.39 is 16.0 Å². The highest BCUT2D eigenvalue weighted by Gasteiger charge is 2.23.